The lowest BCUT2D eigenvalue weighted by Crippen LogP contribution is -2.61. The Labute approximate surface area is 78.6 Å². The maximum Gasteiger partial charge on any atom is 0.174 e. The van der Waals surface area contributed by atoms with E-state index in [-0.39, 0.29) is 5.79 Å². The van der Waals surface area contributed by atoms with Crippen molar-refractivity contribution in [1.82, 2.24) is 0 Å². The fraction of sp³-hybridized carbons (Fsp3) is 1.00. The molecule has 1 spiro atoms. The summed E-state index contributed by atoms with van der Waals surface area (Å²) in [7, 11) is 0. The van der Waals surface area contributed by atoms with E-state index in [1.54, 1.807) is 0 Å². The molecule has 13 heavy (non-hydrogen) atoms. The smallest absolute Gasteiger partial charge is 0.174 e. The molecule has 2 heteroatoms. The van der Waals surface area contributed by atoms with E-state index in [9.17, 15) is 0 Å². The van der Waals surface area contributed by atoms with Gasteiger partial charge in [-0.3, -0.25) is 0 Å². The summed E-state index contributed by atoms with van der Waals surface area (Å²) in [6.45, 7) is 1.68. The number of hydrogen-bond donors (Lipinski definition) is 0. The molecule has 0 radical (unpaired) electrons. The van der Waals surface area contributed by atoms with Gasteiger partial charge in [0, 0.05) is 11.8 Å². The van der Waals surface area contributed by atoms with Gasteiger partial charge >= 0.3 is 0 Å². The van der Waals surface area contributed by atoms with Crippen LogP contribution in [0.1, 0.15) is 25.7 Å². The average molecular weight is 180 g/mol. The Morgan fingerprint density at radius 1 is 0.923 bits per heavy atom. The molecule has 0 aromatic carbocycles. The molecule has 0 aromatic heterocycles. The Balaban J connectivity index is 1.74. The lowest BCUT2D eigenvalue weighted by molar-refractivity contribution is -0.312. The van der Waals surface area contributed by atoms with Gasteiger partial charge in [0.25, 0.3) is 0 Å². The standard InChI is InChI=1S/C11H16O2/c1-2-9-8-5-7(1)6-10(8)11(9)12-3-4-13-11/h7-10H,1-6H2/t7?,8?,9-,10+/m0/s1. The predicted molar refractivity (Wildman–Crippen MR) is 47.1 cm³/mol. The normalized spacial score (nSPS) is 55.4. The predicted octanol–water partition coefficient (Wildman–Crippen LogP) is 1.80. The van der Waals surface area contributed by atoms with Crippen LogP contribution < -0.4 is 0 Å². The molecule has 0 amide bonds. The highest BCUT2D eigenvalue weighted by atomic mass is 16.7. The summed E-state index contributed by atoms with van der Waals surface area (Å²) < 4.78 is 11.8. The minimum Gasteiger partial charge on any atom is -0.347 e. The Kier molecular flexibility index (Phi) is 1.18. The van der Waals surface area contributed by atoms with Gasteiger partial charge in [-0.2, -0.15) is 0 Å². The zero-order valence-electron chi connectivity index (χ0n) is 7.87. The lowest BCUT2D eigenvalue weighted by Gasteiger charge is -2.55. The molecule has 4 rings (SSSR count). The van der Waals surface area contributed by atoms with E-state index in [4.69, 9.17) is 9.47 Å². The van der Waals surface area contributed by atoms with E-state index in [1.165, 1.54) is 25.7 Å². The summed E-state index contributed by atoms with van der Waals surface area (Å²) in [5, 5.41) is 0. The Bertz CT molecular complexity index is 236. The van der Waals surface area contributed by atoms with Gasteiger partial charge in [0.05, 0.1) is 13.2 Å². The first-order valence-corrected chi connectivity index (χ1v) is 5.68. The van der Waals surface area contributed by atoms with Crippen molar-refractivity contribution in [2.45, 2.75) is 31.5 Å². The number of fused-ring (bicyclic) bond motifs is 3. The molecule has 3 aliphatic carbocycles. The monoisotopic (exact) mass is 180 g/mol. The molecule has 2 unspecified atom stereocenters. The van der Waals surface area contributed by atoms with Crippen LogP contribution in [-0.2, 0) is 9.47 Å². The second-order valence-electron chi connectivity index (χ2n) is 5.21. The van der Waals surface area contributed by atoms with Crippen LogP contribution in [0.4, 0.5) is 0 Å². The minimum absolute atomic E-state index is 0.0735. The van der Waals surface area contributed by atoms with E-state index in [0.29, 0.717) is 0 Å². The third-order valence-electron chi connectivity index (χ3n) is 4.88. The largest absolute Gasteiger partial charge is 0.347 e. The lowest BCUT2D eigenvalue weighted by atomic mass is 9.59. The van der Waals surface area contributed by atoms with Crippen LogP contribution in [-0.4, -0.2) is 19.0 Å². The highest BCUT2D eigenvalue weighted by Gasteiger charge is 2.69. The van der Waals surface area contributed by atoms with Gasteiger partial charge < -0.3 is 9.47 Å². The Hall–Kier alpha value is -0.0800. The third-order valence-corrected chi connectivity index (χ3v) is 4.88. The summed E-state index contributed by atoms with van der Waals surface area (Å²) in [6, 6.07) is 0. The number of hydrogen-bond acceptors (Lipinski definition) is 2. The minimum atomic E-state index is -0.0735. The first kappa shape index (κ1) is 7.24. The molecular weight excluding hydrogens is 164 g/mol. The van der Waals surface area contributed by atoms with Gasteiger partial charge in [-0.15, -0.1) is 0 Å². The van der Waals surface area contributed by atoms with Crippen LogP contribution in [0.25, 0.3) is 0 Å². The van der Waals surface area contributed by atoms with E-state index < -0.39 is 0 Å². The van der Waals surface area contributed by atoms with Crippen molar-refractivity contribution in [3.63, 3.8) is 0 Å². The molecule has 72 valence electrons. The molecule has 1 saturated heterocycles. The van der Waals surface area contributed by atoms with Gasteiger partial charge in [0.15, 0.2) is 5.79 Å². The van der Waals surface area contributed by atoms with E-state index in [0.717, 1.165) is 36.9 Å². The summed E-state index contributed by atoms with van der Waals surface area (Å²) >= 11 is 0. The second-order valence-corrected chi connectivity index (χ2v) is 5.21. The van der Waals surface area contributed by atoms with Crippen molar-refractivity contribution in [3.05, 3.63) is 0 Å². The summed E-state index contributed by atoms with van der Waals surface area (Å²) in [6.07, 6.45) is 5.67. The summed E-state index contributed by atoms with van der Waals surface area (Å²) in [4.78, 5) is 0. The zero-order chi connectivity index (χ0) is 8.47. The van der Waals surface area contributed by atoms with Crippen molar-refractivity contribution in [2.75, 3.05) is 13.2 Å². The topological polar surface area (TPSA) is 18.5 Å². The van der Waals surface area contributed by atoms with Crippen LogP contribution in [0.3, 0.4) is 0 Å². The van der Waals surface area contributed by atoms with Gasteiger partial charge in [0.2, 0.25) is 0 Å². The first-order chi connectivity index (χ1) is 6.40. The fourth-order valence-electron chi connectivity index (χ4n) is 4.48. The number of ether oxygens (including phenoxy) is 2. The van der Waals surface area contributed by atoms with Crippen molar-refractivity contribution in [1.29, 1.82) is 0 Å². The summed E-state index contributed by atoms with van der Waals surface area (Å²) in [5.41, 5.74) is 0. The molecule has 4 atom stereocenters. The molecule has 0 aromatic rings. The maximum atomic E-state index is 5.90. The van der Waals surface area contributed by atoms with Crippen LogP contribution >= 0.6 is 0 Å². The zero-order valence-corrected chi connectivity index (χ0v) is 7.87. The highest BCUT2D eigenvalue weighted by Crippen LogP contribution is 2.67. The second kappa shape index (κ2) is 2.12. The maximum absolute atomic E-state index is 5.90. The molecule has 0 N–H and O–H groups in total. The Morgan fingerprint density at radius 3 is 2.62 bits per heavy atom. The fourth-order valence-corrected chi connectivity index (χ4v) is 4.48. The number of rotatable bonds is 0. The van der Waals surface area contributed by atoms with E-state index >= 15 is 0 Å². The quantitative estimate of drug-likeness (QED) is 0.566. The van der Waals surface area contributed by atoms with Gasteiger partial charge in [0.1, 0.15) is 0 Å². The van der Waals surface area contributed by atoms with Gasteiger partial charge in [-0.1, -0.05) is 0 Å². The molecule has 2 nitrogen and oxygen atoms in total. The molecule has 1 aliphatic heterocycles. The molecule has 4 aliphatic rings. The van der Waals surface area contributed by atoms with Crippen LogP contribution in [0.5, 0.6) is 0 Å². The van der Waals surface area contributed by atoms with Crippen molar-refractivity contribution < 1.29 is 9.47 Å². The third kappa shape index (κ3) is 0.668. The van der Waals surface area contributed by atoms with Gasteiger partial charge in [-0.25, -0.2) is 0 Å². The van der Waals surface area contributed by atoms with Crippen molar-refractivity contribution >= 4 is 0 Å². The van der Waals surface area contributed by atoms with E-state index in [1.807, 2.05) is 0 Å². The molecular formula is C11H16O2. The average Bonchev–Trinajstić information content (AvgIpc) is 2.68. The van der Waals surface area contributed by atoms with Crippen LogP contribution in [0.15, 0.2) is 0 Å². The highest BCUT2D eigenvalue weighted by molar-refractivity contribution is 5.13. The molecule has 1 heterocycles. The van der Waals surface area contributed by atoms with Crippen molar-refractivity contribution in [2.24, 2.45) is 23.7 Å². The summed E-state index contributed by atoms with van der Waals surface area (Å²) in [5.74, 6) is 3.44. The Morgan fingerprint density at radius 2 is 1.77 bits per heavy atom. The first-order valence-electron chi connectivity index (χ1n) is 5.68. The molecule has 4 fully saturated rings. The molecule has 3 saturated carbocycles. The SMILES string of the molecule is C1COC2(O1)[C@@H]1CC3CC[C@H]2C1C3. The van der Waals surface area contributed by atoms with Crippen LogP contribution in [0, 0.1) is 23.7 Å². The van der Waals surface area contributed by atoms with E-state index in [2.05, 4.69) is 0 Å². The van der Waals surface area contributed by atoms with Crippen LogP contribution in [0.2, 0.25) is 0 Å². The van der Waals surface area contributed by atoms with Gasteiger partial charge in [-0.05, 0) is 37.5 Å². The molecule has 2 bridgehead atoms. The van der Waals surface area contributed by atoms with Crippen molar-refractivity contribution in [3.8, 4) is 0 Å².